The Balaban J connectivity index is 2.44. The van der Waals surface area contributed by atoms with Gasteiger partial charge in [-0.05, 0) is 30.8 Å². The quantitative estimate of drug-likeness (QED) is 0.921. The van der Waals surface area contributed by atoms with Crippen LogP contribution in [0.3, 0.4) is 0 Å². The molecule has 2 nitrogen and oxygen atoms in total. The monoisotopic (exact) mass is 272 g/mol. The molecule has 0 saturated carbocycles. The van der Waals surface area contributed by atoms with E-state index in [1.54, 1.807) is 29.0 Å². The zero-order valence-corrected chi connectivity index (χ0v) is 10.9. The van der Waals surface area contributed by atoms with Crippen LogP contribution < -0.4 is 5.32 Å². The van der Waals surface area contributed by atoms with E-state index in [-0.39, 0.29) is 6.04 Å². The number of halogens is 2. The molecule has 1 aromatic heterocycles. The van der Waals surface area contributed by atoms with Crippen LogP contribution in [0.2, 0.25) is 10.0 Å². The predicted molar refractivity (Wildman–Crippen MR) is 69.5 cm³/mol. The summed E-state index contributed by atoms with van der Waals surface area (Å²) in [6.07, 6.45) is 0. The molecule has 1 N–H and O–H groups in total. The van der Waals surface area contributed by atoms with Crippen LogP contribution in [0.5, 0.6) is 0 Å². The third kappa shape index (κ3) is 2.38. The molecule has 0 bridgehead atoms. The van der Waals surface area contributed by atoms with Gasteiger partial charge in [-0.1, -0.05) is 23.2 Å². The van der Waals surface area contributed by atoms with E-state index >= 15 is 0 Å². The molecular weight excluding hydrogens is 263 g/mol. The fourth-order valence-corrected chi connectivity index (χ4v) is 2.55. The van der Waals surface area contributed by atoms with Gasteiger partial charge in [-0.25, -0.2) is 4.98 Å². The maximum absolute atomic E-state index is 6.16. The molecule has 1 heterocycles. The van der Waals surface area contributed by atoms with Crippen LogP contribution in [0.15, 0.2) is 29.1 Å². The van der Waals surface area contributed by atoms with Gasteiger partial charge in [0.1, 0.15) is 0 Å². The lowest BCUT2D eigenvalue weighted by atomic mass is 10.0. The number of aromatic nitrogens is 1. The minimum atomic E-state index is -0.0163. The molecule has 0 radical (unpaired) electrons. The molecule has 2 rings (SSSR count). The van der Waals surface area contributed by atoms with Crippen molar-refractivity contribution in [2.24, 2.45) is 0 Å². The zero-order chi connectivity index (χ0) is 11.5. The molecule has 2 aromatic rings. The molecule has 1 aromatic carbocycles. The predicted octanol–water partition coefficient (Wildman–Crippen LogP) is 3.76. The number of hydrogen-bond acceptors (Lipinski definition) is 3. The van der Waals surface area contributed by atoms with E-state index < -0.39 is 0 Å². The summed E-state index contributed by atoms with van der Waals surface area (Å²) in [5.74, 6) is 0. The van der Waals surface area contributed by atoms with Crippen molar-refractivity contribution in [1.29, 1.82) is 0 Å². The number of nitrogens with one attached hydrogen (secondary N) is 1. The maximum Gasteiger partial charge on any atom is 0.0795 e. The van der Waals surface area contributed by atoms with Gasteiger partial charge in [0.2, 0.25) is 0 Å². The fourth-order valence-electron chi connectivity index (χ4n) is 1.56. The Kier molecular flexibility index (Phi) is 3.82. The lowest BCUT2D eigenvalue weighted by Crippen LogP contribution is -2.18. The normalized spacial score (nSPS) is 12.7. The van der Waals surface area contributed by atoms with Crippen molar-refractivity contribution in [3.8, 4) is 0 Å². The van der Waals surface area contributed by atoms with Crippen LogP contribution in [0.1, 0.15) is 17.3 Å². The third-order valence-electron chi connectivity index (χ3n) is 2.30. The van der Waals surface area contributed by atoms with Gasteiger partial charge in [0.25, 0.3) is 0 Å². The molecule has 0 aliphatic heterocycles. The lowest BCUT2D eigenvalue weighted by molar-refractivity contribution is 0.676. The summed E-state index contributed by atoms with van der Waals surface area (Å²) < 4.78 is 0. The summed E-state index contributed by atoms with van der Waals surface area (Å²) in [5, 5.41) is 6.56. The number of hydrogen-bond donors (Lipinski definition) is 1. The van der Waals surface area contributed by atoms with Crippen molar-refractivity contribution >= 4 is 34.5 Å². The maximum atomic E-state index is 6.16. The van der Waals surface area contributed by atoms with Gasteiger partial charge in [-0.2, -0.15) is 0 Å². The van der Waals surface area contributed by atoms with Crippen molar-refractivity contribution in [1.82, 2.24) is 10.3 Å². The van der Waals surface area contributed by atoms with Crippen molar-refractivity contribution < 1.29 is 0 Å². The van der Waals surface area contributed by atoms with E-state index in [1.807, 2.05) is 18.5 Å². The van der Waals surface area contributed by atoms with Crippen LogP contribution in [-0.2, 0) is 0 Å². The summed E-state index contributed by atoms with van der Waals surface area (Å²) in [6, 6.07) is 5.43. The summed E-state index contributed by atoms with van der Waals surface area (Å²) in [6.45, 7) is 0. The van der Waals surface area contributed by atoms with Crippen LogP contribution in [-0.4, -0.2) is 12.0 Å². The average Bonchev–Trinajstić information content (AvgIpc) is 2.78. The second-order valence-corrected chi connectivity index (χ2v) is 4.86. The van der Waals surface area contributed by atoms with E-state index in [9.17, 15) is 0 Å². The Morgan fingerprint density at radius 3 is 2.81 bits per heavy atom. The van der Waals surface area contributed by atoms with Gasteiger partial charge in [0.05, 0.1) is 17.2 Å². The highest BCUT2D eigenvalue weighted by Crippen LogP contribution is 2.30. The second kappa shape index (κ2) is 5.15. The molecule has 5 heteroatoms. The highest BCUT2D eigenvalue weighted by molar-refractivity contribution is 7.07. The zero-order valence-electron chi connectivity index (χ0n) is 8.58. The summed E-state index contributed by atoms with van der Waals surface area (Å²) >= 11 is 13.7. The van der Waals surface area contributed by atoms with Gasteiger partial charge >= 0.3 is 0 Å². The second-order valence-electron chi connectivity index (χ2n) is 3.30. The molecule has 1 unspecified atom stereocenters. The Labute approximate surface area is 108 Å². The lowest BCUT2D eigenvalue weighted by Gasteiger charge is -2.16. The highest BCUT2D eigenvalue weighted by Gasteiger charge is 2.17. The summed E-state index contributed by atoms with van der Waals surface area (Å²) in [5.41, 5.74) is 3.71. The fraction of sp³-hybridized carbons (Fsp3) is 0.182. The van der Waals surface area contributed by atoms with E-state index in [0.29, 0.717) is 10.0 Å². The van der Waals surface area contributed by atoms with Crippen LogP contribution in [0.25, 0.3) is 0 Å². The van der Waals surface area contributed by atoms with Gasteiger partial charge in [0, 0.05) is 15.4 Å². The molecule has 0 aliphatic carbocycles. The van der Waals surface area contributed by atoms with Crippen molar-refractivity contribution in [2.45, 2.75) is 6.04 Å². The summed E-state index contributed by atoms with van der Waals surface area (Å²) in [7, 11) is 1.88. The van der Waals surface area contributed by atoms with Crippen LogP contribution in [0.4, 0.5) is 0 Å². The molecular formula is C11H10Cl2N2S. The molecule has 84 valence electrons. The Morgan fingerprint density at radius 1 is 1.38 bits per heavy atom. The van der Waals surface area contributed by atoms with Crippen molar-refractivity contribution in [2.75, 3.05) is 7.05 Å². The summed E-state index contributed by atoms with van der Waals surface area (Å²) in [4.78, 5) is 4.29. The van der Waals surface area contributed by atoms with E-state index in [0.717, 1.165) is 11.3 Å². The highest BCUT2D eigenvalue weighted by atomic mass is 35.5. The molecule has 1 atom stereocenters. The van der Waals surface area contributed by atoms with Gasteiger partial charge in [0.15, 0.2) is 0 Å². The van der Waals surface area contributed by atoms with E-state index in [2.05, 4.69) is 10.3 Å². The largest absolute Gasteiger partial charge is 0.308 e. The first-order valence-electron chi connectivity index (χ1n) is 4.72. The first kappa shape index (κ1) is 11.9. The van der Waals surface area contributed by atoms with E-state index in [4.69, 9.17) is 23.2 Å². The van der Waals surface area contributed by atoms with Crippen molar-refractivity contribution in [3.05, 3.63) is 50.4 Å². The van der Waals surface area contributed by atoms with Crippen LogP contribution >= 0.6 is 34.5 Å². The minimum Gasteiger partial charge on any atom is -0.308 e. The molecule has 0 aliphatic rings. The minimum absolute atomic E-state index is 0.0163. The van der Waals surface area contributed by atoms with Crippen LogP contribution in [0, 0.1) is 0 Å². The standard InChI is InChI=1S/C11H10Cl2N2S/c1-14-11(10-5-16-6-15-10)8-4-7(12)2-3-9(8)13/h2-6,11,14H,1H3. The number of benzene rings is 1. The first-order chi connectivity index (χ1) is 7.72. The first-order valence-corrected chi connectivity index (χ1v) is 6.42. The van der Waals surface area contributed by atoms with Gasteiger partial charge in [-0.15, -0.1) is 11.3 Å². The Bertz CT molecular complexity index is 471. The number of thiazole rings is 1. The molecule has 0 saturated heterocycles. The Morgan fingerprint density at radius 2 is 2.19 bits per heavy atom. The average molecular weight is 273 g/mol. The third-order valence-corrected chi connectivity index (χ3v) is 3.49. The van der Waals surface area contributed by atoms with E-state index in [1.165, 1.54) is 0 Å². The Hall–Kier alpha value is -0.610. The molecule has 16 heavy (non-hydrogen) atoms. The van der Waals surface area contributed by atoms with Crippen molar-refractivity contribution in [3.63, 3.8) is 0 Å². The molecule has 0 amide bonds. The van der Waals surface area contributed by atoms with Gasteiger partial charge < -0.3 is 5.32 Å². The number of nitrogens with zero attached hydrogens (tertiary/aromatic N) is 1. The molecule has 0 spiro atoms. The SMILES string of the molecule is CNC(c1cscn1)c1cc(Cl)ccc1Cl. The topological polar surface area (TPSA) is 24.9 Å². The number of rotatable bonds is 3. The smallest absolute Gasteiger partial charge is 0.0795 e. The van der Waals surface area contributed by atoms with Gasteiger partial charge in [-0.3, -0.25) is 0 Å². The molecule has 0 fully saturated rings.